The number of amides is 1. The number of rotatable bonds is 6. The fourth-order valence-corrected chi connectivity index (χ4v) is 3.05. The van der Waals surface area contributed by atoms with E-state index in [0.717, 1.165) is 25.2 Å². The van der Waals surface area contributed by atoms with Crippen LogP contribution < -0.4 is 5.32 Å². The minimum Gasteiger partial charge on any atom is -0.340 e. The molecule has 0 aromatic carbocycles. The Morgan fingerprint density at radius 2 is 2.24 bits per heavy atom. The molecule has 2 aromatic heterocycles. The molecule has 0 radical (unpaired) electrons. The highest BCUT2D eigenvalue weighted by Gasteiger charge is 2.32. The van der Waals surface area contributed by atoms with E-state index < -0.39 is 0 Å². The van der Waals surface area contributed by atoms with Crippen molar-refractivity contribution in [3.05, 3.63) is 23.5 Å². The van der Waals surface area contributed by atoms with E-state index in [-0.39, 0.29) is 11.9 Å². The van der Waals surface area contributed by atoms with Crippen LogP contribution in [0.5, 0.6) is 0 Å². The second kappa shape index (κ2) is 7.32. The molecule has 1 aliphatic heterocycles. The lowest BCUT2D eigenvalue weighted by atomic mass is 10.2. The van der Waals surface area contributed by atoms with E-state index in [1.54, 1.807) is 13.0 Å². The van der Waals surface area contributed by atoms with Gasteiger partial charge >= 0.3 is 0 Å². The van der Waals surface area contributed by atoms with E-state index in [1.165, 1.54) is 0 Å². The van der Waals surface area contributed by atoms with Crippen molar-refractivity contribution in [2.75, 3.05) is 25.5 Å². The van der Waals surface area contributed by atoms with Gasteiger partial charge in [-0.15, -0.1) is 0 Å². The molecule has 1 aliphatic rings. The largest absolute Gasteiger partial charge is 0.340 e. The summed E-state index contributed by atoms with van der Waals surface area (Å²) < 4.78 is 10.1. The van der Waals surface area contributed by atoms with Crippen LogP contribution in [-0.4, -0.2) is 63.2 Å². The fraction of sp³-hybridized carbons (Fsp3) is 0.625. The first kappa shape index (κ1) is 17.6. The number of hydrogen-bond donors (Lipinski definition) is 1. The van der Waals surface area contributed by atoms with Crippen LogP contribution in [0, 0.1) is 13.8 Å². The predicted octanol–water partition coefficient (Wildman–Crippen LogP) is 1.21. The lowest BCUT2D eigenvalue weighted by Crippen LogP contribution is -2.42. The predicted molar refractivity (Wildman–Crippen MR) is 89.8 cm³/mol. The number of anilines is 1. The number of nitrogens with zero attached hydrogens (tertiary/aromatic N) is 5. The summed E-state index contributed by atoms with van der Waals surface area (Å²) in [6.07, 6.45) is 0.992. The number of carbonyl (C=O) groups excluding carboxylic acids is 1. The molecule has 0 spiro atoms. The van der Waals surface area contributed by atoms with Gasteiger partial charge in [0.25, 0.3) is 0 Å². The molecule has 1 N–H and O–H groups in total. The molecular formula is C16H24N6O3. The Hall–Kier alpha value is -2.26. The van der Waals surface area contributed by atoms with Crippen molar-refractivity contribution in [3.63, 3.8) is 0 Å². The lowest BCUT2D eigenvalue weighted by molar-refractivity contribution is -0.120. The van der Waals surface area contributed by atoms with Gasteiger partial charge in [-0.3, -0.25) is 19.9 Å². The van der Waals surface area contributed by atoms with E-state index >= 15 is 0 Å². The molecule has 9 nitrogen and oxygen atoms in total. The number of likely N-dealkylation sites (tertiary alicyclic amines) is 1. The van der Waals surface area contributed by atoms with E-state index in [2.05, 4.69) is 30.4 Å². The van der Waals surface area contributed by atoms with Gasteiger partial charge in [-0.1, -0.05) is 10.3 Å². The first-order chi connectivity index (χ1) is 11.9. The van der Waals surface area contributed by atoms with Crippen molar-refractivity contribution in [2.24, 2.45) is 0 Å². The third kappa shape index (κ3) is 4.23. The smallest absolute Gasteiger partial charge is 0.243 e. The van der Waals surface area contributed by atoms with E-state index in [4.69, 9.17) is 9.05 Å². The van der Waals surface area contributed by atoms with Gasteiger partial charge in [-0.05, 0) is 27.3 Å². The number of aromatic nitrogens is 3. The van der Waals surface area contributed by atoms with Crippen LogP contribution in [0.4, 0.5) is 5.88 Å². The maximum atomic E-state index is 12.4. The molecule has 9 heteroatoms. The monoisotopic (exact) mass is 348 g/mol. The van der Waals surface area contributed by atoms with Crippen LogP contribution in [0.1, 0.15) is 30.8 Å². The molecule has 3 heterocycles. The molecule has 136 valence electrons. The second-order valence-corrected chi connectivity index (χ2v) is 6.58. The van der Waals surface area contributed by atoms with Gasteiger partial charge in [-0.25, -0.2) is 0 Å². The zero-order valence-electron chi connectivity index (χ0n) is 15.0. The highest BCUT2D eigenvalue weighted by atomic mass is 16.5. The molecule has 1 fully saturated rings. The lowest BCUT2D eigenvalue weighted by Gasteiger charge is -2.26. The van der Waals surface area contributed by atoms with Crippen LogP contribution in [0.2, 0.25) is 0 Å². The van der Waals surface area contributed by atoms with Gasteiger partial charge in [0, 0.05) is 32.1 Å². The van der Waals surface area contributed by atoms with Gasteiger partial charge < -0.3 is 9.05 Å². The molecule has 0 bridgehead atoms. The van der Waals surface area contributed by atoms with Crippen LogP contribution in [0.3, 0.4) is 0 Å². The average molecular weight is 348 g/mol. The number of nitrogens with one attached hydrogen (secondary N) is 1. The summed E-state index contributed by atoms with van der Waals surface area (Å²) >= 11 is 0. The van der Waals surface area contributed by atoms with Gasteiger partial charge in [0.15, 0.2) is 5.82 Å². The van der Waals surface area contributed by atoms with Crippen LogP contribution in [0.15, 0.2) is 15.1 Å². The van der Waals surface area contributed by atoms with E-state index in [9.17, 15) is 4.79 Å². The zero-order chi connectivity index (χ0) is 18.0. The molecule has 2 aromatic rings. The molecule has 0 aliphatic carbocycles. The summed E-state index contributed by atoms with van der Waals surface area (Å²) in [7, 11) is 2.04. The fourth-order valence-electron chi connectivity index (χ4n) is 3.05. The molecule has 0 saturated carbocycles. The molecule has 25 heavy (non-hydrogen) atoms. The van der Waals surface area contributed by atoms with Gasteiger partial charge in [-0.2, -0.15) is 4.98 Å². The Bertz CT molecular complexity index is 727. The second-order valence-electron chi connectivity index (χ2n) is 6.58. The third-order valence-corrected chi connectivity index (χ3v) is 4.58. The Labute approximate surface area is 146 Å². The van der Waals surface area contributed by atoms with Crippen molar-refractivity contribution < 1.29 is 13.8 Å². The summed E-state index contributed by atoms with van der Waals surface area (Å²) in [6.45, 7) is 7.82. The Morgan fingerprint density at radius 1 is 1.44 bits per heavy atom. The van der Waals surface area contributed by atoms with Crippen LogP contribution >= 0.6 is 0 Å². The minimum atomic E-state index is -0.240. The molecule has 0 unspecified atom stereocenters. The van der Waals surface area contributed by atoms with Crippen LogP contribution in [-0.2, 0) is 11.3 Å². The summed E-state index contributed by atoms with van der Waals surface area (Å²) in [6, 6.07) is 1.82. The molecule has 1 amide bonds. The first-order valence-electron chi connectivity index (χ1n) is 8.40. The summed E-state index contributed by atoms with van der Waals surface area (Å²) in [5, 5.41) is 10.5. The highest BCUT2D eigenvalue weighted by Crippen LogP contribution is 2.19. The van der Waals surface area contributed by atoms with Gasteiger partial charge in [0.1, 0.15) is 0 Å². The summed E-state index contributed by atoms with van der Waals surface area (Å²) in [5.41, 5.74) is 0.738. The van der Waals surface area contributed by atoms with E-state index in [0.29, 0.717) is 30.2 Å². The Balaban J connectivity index is 1.51. The number of hydrogen-bond acceptors (Lipinski definition) is 8. The van der Waals surface area contributed by atoms with Crippen molar-refractivity contribution in [2.45, 2.75) is 45.8 Å². The minimum absolute atomic E-state index is 0.0896. The van der Waals surface area contributed by atoms with Crippen molar-refractivity contribution >= 4 is 11.8 Å². The van der Waals surface area contributed by atoms with Crippen molar-refractivity contribution in [3.8, 4) is 0 Å². The first-order valence-corrected chi connectivity index (χ1v) is 8.40. The molecule has 2 atom stereocenters. The zero-order valence-corrected chi connectivity index (χ0v) is 15.0. The number of carbonyl (C=O) groups is 1. The average Bonchev–Trinajstić information content (AvgIpc) is 3.28. The SMILES string of the molecule is Cc1cc(NC(=O)[C@@H](C)N2CC[C@H](N(C)Cc3noc(C)n3)C2)on1. The van der Waals surface area contributed by atoms with Crippen molar-refractivity contribution in [1.29, 1.82) is 0 Å². The maximum absolute atomic E-state index is 12.4. The van der Waals surface area contributed by atoms with Crippen molar-refractivity contribution in [1.82, 2.24) is 25.1 Å². The summed E-state index contributed by atoms with van der Waals surface area (Å²) in [4.78, 5) is 21.0. The normalized spacial score (nSPS) is 19.5. The van der Waals surface area contributed by atoms with Gasteiger partial charge in [0.2, 0.25) is 17.7 Å². The third-order valence-electron chi connectivity index (χ3n) is 4.58. The summed E-state index contributed by atoms with van der Waals surface area (Å²) in [5.74, 6) is 1.55. The quantitative estimate of drug-likeness (QED) is 0.831. The highest BCUT2D eigenvalue weighted by molar-refractivity contribution is 5.93. The maximum Gasteiger partial charge on any atom is 0.243 e. The molecule has 3 rings (SSSR count). The van der Waals surface area contributed by atoms with Crippen LogP contribution in [0.25, 0.3) is 0 Å². The standard InChI is InChI=1S/C16H24N6O3/c1-10-7-15(25-19-10)18-16(23)11(2)22-6-5-13(8-22)21(4)9-14-17-12(3)24-20-14/h7,11,13H,5-6,8-9H2,1-4H3,(H,18,23)/t11-,13+/m1/s1. The molecule has 1 saturated heterocycles. The Morgan fingerprint density at radius 3 is 2.88 bits per heavy atom. The van der Waals surface area contributed by atoms with E-state index in [1.807, 2.05) is 20.9 Å². The Kier molecular flexibility index (Phi) is 5.14. The topological polar surface area (TPSA) is 101 Å². The van der Waals surface area contributed by atoms with Gasteiger partial charge in [0.05, 0.1) is 18.3 Å². The number of aryl methyl sites for hydroxylation is 2. The number of likely N-dealkylation sites (N-methyl/N-ethyl adjacent to an activating group) is 1. The molecular weight excluding hydrogens is 324 g/mol.